The number of rotatable bonds is 3. The number of nitrogens with one attached hydrogen (secondary N) is 1. The second-order valence-corrected chi connectivity index (χ2v) is 9.69. The standard InChI is InChI=1S/C22H25N5O3S/c1-13-18(24-20(31-13)25-21(29)30-22(2,3)4)15-6-7-16-14(10-15)8-9-27(16)19(28)17-11-23-12-26(17)5/h6-7,10-12H,8-9H2,1-5H3,(H,24,25,29). The average molecular weight is 440 g/mol. The molecule has 1 N–H and O–H groups in total. The van der Waals surface area contributed by atoms with Crippen molar-refractivity contribution < 1.29 is 14.3 Å². The first-order valence-corrected chi connectivity index (χ1v) is 10.8. The number of nitrogens with zero attached hydrogens (tertiary/aromatic N) is 4. The summed E-state index contributed by atoms with van der Waals surface area (Å²) in [5.41, 5.74) is 3.77. The molecule has 0 unspecified atom stereocenters. The number of hydrogen-bond donors (Lipinski definition) is 1. The third-order valence-corrected chi connectivity index (χ3v) is 5.82. The number of ether oxygens (including phenoxy) is 1. The lowest BCUT2D eigenvalue weighted by atomic mass is 10.1. The van der Waals surface area contributed by atoms with Crippen LogP contribution in [0.3, 0.4) is 0 Å². The van der Waals surface area contributed by atoms with Crippen LogP contribution < -0.4 is 10.2 Å². The maximum absolute atomic E-state index is 12.9. The van der Waals surface area contributed by atoms with Crippen molar-refractivity contribution in [2.45, 2.75) is 39.7 Å². The van der Waals surface area contributed by atoms with Crippen LogP contribution in [0.1, 0.15) is 41.7 Å². The summed E-state index contributed by atoms with van der Waals surface area (Å²) in [7, 11) is 1.81. The number of hydrogen-bond acceptors (Lipinski definition) is 6. The van der Waals surface area contributed by atoms with Gasteiger partial charge in [0.15, 0.2) is 5.13 Å². The van der Waals surface area contributed by atoms with Gasteiger partial charge < -0.3 is 14.2 Å². The van der Waals surface area contributed by atoms with Gasteiger partial charge in [0.1, 0.15) is 11.3 Å². The molecule has 0 fully saturated rings. The van der Waals surface area contributed by atoms with E-state index in [-0.39, 0.29) is 5.91 Å². The molecule has 1 aliphatic rings. The maximum atomic E-state index is 12.9. The first-order chi connectivity index (χ1) is 14.6. The highest BCUT2D eigenvalue weighted by atomic mass is 32.1. The van der Waals surface area contributed by atoms with Gasteiger partial charge in [-0.2, -0.15) is 0 Å². The van der Waals surface area contributed by atoms with E-state index in [4.69, 9.17) is 4.74 Å². The van der Waals surface area contributed by atoms with Gasteiger partial charge in [0.25, 0.3) is 5.91 Å². The Hall–Kier alpha value is -3.20. The van der Waals surface area contributed by atoms with E-state index in [9.17, 15) is 9.59 Å². The number of benzene rings is 1. The molecule has 4 rings (SSSR count). The minimum atomic E-state index is -0.571. The molecule has 9 heteroatoms. The highest BCUT2D eigenvalue weighted by Crippen LogP contribution is 2.36. The SMILES string of the molecule is Cc1sc(NC(=O)OC(C)(C)C)nc1-c1ccc2c(c1)CCN2C(=O)c1cncn1C. The summed E-state index contributed by atoms with van der Waals surface area (Å²) in [6, 6.07) is 6.00. The smallest absolute Gasteiger partial charge is 0.413 e. The molecular weight excluding hydrogens is 414 g/mol. The second-order valence-electron chi connectivity index (χ2n) is 8.49. The van der Waals surface area contributed by atoms with Crippen molar-refractivity contribution in [2.75, 3.05) is 16.8 Å². The molecule has 0 atom stereocenters. The minimum Gasteiger partial charge on any atom is -0.444 e. The second kappa shape index (κ2) is 7.81. The Morgan fingerprint density at radius 3 is 2.71 bits per heavy atom. The zero-order valence-corrected chi connectivity index (χ0v) is 19.0. The molecule has 0 saturated carbocycles. The third-order valence-electron chi connectivity index (χ3n) is 4.93. The van der Waals surface area contributed by atoms with Crippen LogP contribution in [0.2, 0.25) is 0 Å². The Morgan fingerprint density at radius 2 is 2.03 bits per heavy atom. The summed E-state index contributed by atoms with van der Waals surface area (Å²) >= 11 is 1.40. The van der Waals surface area contributed by atoms with E-state index >= 15 is 0 Å². The Kier molecular flexibility index (Phi) is 5.30. The van der Waals surface area contributed by atoms with E-state index in [0.717, 1.165) is 33.8 Å². The van der Waals surface area contributed by atoms with Crippen molar-refractivity contribution in [2.24, 2.45) is 7.05 Å². The van der Waals surface area contributed by atoms with E-state index in [1.807, 2.05) is 46.9 Å². The first kappa shape index (κ1) is 21.0. The lowest BCUT2D eigenvalue weighted by Crippen LogP contribution is -2.30. The average Bonchev–Trinajstić information content (AvgIpc) is 3.37. The molecule has 0 spiro atoms. The van der Waals surface area contributed by atoms with Crippen molar-refractivity contribution >= 4 is 34.2 Å². The van der Waals surface area contributed by atoms with Gasteiger partial charge in [-0.3, -0.25) is 10.1 Å². The zero-order valence-electron chi connectivity index (χ0n) is 18.2. The Balaban J connectivity index is 1.55. The Bertz CT molecular complexity index is 1160. The van der Waals surface area contributed by atoms with Crippen molar-refractivity contribution in [3.05, 3.63) is 46.9 Å². The summed E-state index contributed by atoms with van der Waals surface area (Å²) in [4.78, 5) is 36.4. The van der Waals surface area contributed by atoms with Crippen LogP contribution in [-0.2, 0) is 18.2 Å². The topological polar surface area (TPSA) is 89.3 Å². The Labute approximate surface area is 184 Å². The van der Waals surface area contributed by atoms with Crippen molar-refractivity contribution in [3.8, 4) is 11.3 Å². The number of imidazole rings is 1. The molecule has 8 nitrogen and oxygen atoms in total. The molecule has 31 heavy (non-hydrogen) atoms. The van der Waals surface area contributed by atoms with Gasteiger partial charge in [0.2, 0.25) is 0 Å². The molecule has 2 amide bonds. The van der Waals surface area contributed by atoms with Crippen LogP contribution in [-0.4, -0.2) is 38.7 Å². The van der Waals surface area contributed by atoms with Crippen molar-refractivity contribution in [1.82, 2.24) is 14.5 Å². The molecule has 1 aromatic carbocycles. The molecular formula is C22H25N5O3S. The summed E-state index contributed by atoms with van der Waals surface area (Å²) < 4.78 is 7.03. The maximum Gasteiger partial charge on any atom is 0.413 e. The molecule has 0 bridgehead atoms. The largest absolute Gasteiger partial charge is 0.444 e. The highest BCUT2D eigenvalue weighted by Gasteiger charge is 2.28. The number of fused-ring (bicyclic) bond motifs is 1. The summed E-state index contributed by atoms with van der Waals surface area (Å²) in [6.45, 7) is 8.05. The zero-order chi connectivity index (χ0) is 22.3. The molecule has 162 valence electrons. The van der Waals surface area contributed by atoms with E-state index in [1.54, 1.807) is 22.0 Å². The molecule has 0 radical (unpaired) electrons. The number of anilines is 2. The van der Waals surface area contributed by atoms with Crippen molar-refractivity contribution in [3.63, 3.8) is 0 Å². The quantitative estimate of drug-likeness (QED) is 0.653. The van der Waals surface area contributed by atoms with Crippen LogP contribution in [0, 0.1) is 6.92 Å². The number of carbonyl (C=O) groups excluding carboxylic acids is 2. The summed E-state index contributed by atoms with van der Waals surface area (Å²) in [6.07, 6.45) is 3.47. The van der Waals surface area contributed by atoms with E-state index in [1.165, 1.54) is 11.3 Å². The lowest BCUT2D eigenvalue weighted by molar-refractivity contribution is 0.0635. The van der Waals surface area contributed by atoms with Gasteiger partial charge in [-0.1, -0.05) is 6.07 Å². The predicted octanol–water partition coefficient (Wildman–Crippen LogP) is 4.40. The molecule has 3 aromatic rings. The van der Waals surface area contributed by atoms with Crippen LogP contribution in [0.5, 0.6) is 0 Å². The normalized spacial score (nSPS) is 13.3. The van der Waals surface area contributed by atoms with Gasteiger partial charge in [-0.05, 0) is 51.8 Å². The molecule has 3 heterocycles. The van der Waals surface area contributed by atoms with Crippen LogP contribution in [0.4, 0.5) is 15.6 Å². The number of amides is 2. The molecule has 0 saturated heterocycles. The number of aryl methyl sites for hydroxylation is 2. The predicted molar refractivity (Wildman–Crippen MR) is 121 cm³/mol. The number of thiazole rings is 1. The Morgan fingerprint density at radius 1 is 1.26 bits per heavy atom. The molecule has 2 aromatic heterocycles. The highest BCUT2D eigenvalue weighted by molar-refractivity contribution is 7.16. The fraction of sp³-hybridized carbons (Fsp3) is 0.364. The van der Waals surface area contributed by atoms with Gasteiger partial charge in [-0.15, -0.1) is 11.3 Å². The monoisotopic (exact) mass is 439 g/mol. The minimum absolute atomic E-state index is 0.0554. The van der Waals surface area contributed by atoms with E-state index < -0.39 is 11.7 Å². The van der Waals surface area contributed by atoms with Gasteiger partial charge >= 0.3 is 6.09 Å². The van der Waals surface area contributed by atoms with E-state index in [2.05, 4.69) is 21.4 Å². The molecule has 1 aliphatic heterocycles. The lowest BCUT2D eigenvalue weighted by Gasteiger charge is -2.18. The van der Waals surface area contributed by atoms with Crippen molar-refractivity contribution in [1.29, 1.82) is 0 Å². The van der Waals surface area contributed by atoms with Crippen LogP contribution >= 0.6 is 11.3 Å². The molecule has 0 aliphatic carbocycles. The third kappa shape index (κ3) is 4.32. The van der Waals surface area contributed by atoms with Crippen LogP contribution in [0.25, 0.3) is 11.3 Å². The fourth-order valence-corrected chi connectivity index (χ4v) is 4.39. The van der Waals surface area contributed by atoms with Crippen LogP contribution in [0.15, 0.2) is 30.7 Å². The number of carbonyl (C=O) groups is 2. The van der Waals surface area contributed by atoms with Gasteiger partial charge in [-0.25, -0.2) is 14.8 Å². The summed E-state index contributed by atoms with van der Waals surface area (Å²) in [5, 5.41) is 3.21. The fourth-order valence-electron chi connectivity index (χ4n) is 3.57. The first-order valence-electron chi connectivity index (χ1n) is 10.0. The van der Waals surface area contributed by atoms with E-state index in [0.29, 0.717) is 17.4 Å². The van der Waals surface area contributed by atoms with Gasteiger partial charge in [0, 0.05) is 29.7 Å². The van der Waals surface area contributed by atoms with Gasteiger partial charge in [0.05, 0.1) is 18.2 Å². The number of aromatic nitrogens is 3. The summed E-state index contributed by atoms with van der Waals surface area (Å²) in [5.74, 6) is -0.0554.